The van der Waals surface area contributed by atoms with E-state index in [1.165, 1.54) is 5.56 Å². The third-order valence-electron chi connectivity index (χ3n) is 3.61. The van der Waals surface area contributed by atoms with Crippen LogP contribution < -0.4 is 5.73 Å². The molecular formula is C17H16Cl2N2O. The minimum atomic E-state index is 0.102. The van der Waals surface area contributed by atoms with Gasteiger partial charge in [0.05, 0.1) is 15.7 Å². The van der Waals surface area contributed by atoms with Crippen molar-refractivity contribution in [3.63, 3.8) is 0 Å². The average Bonchev–Trinajstić information content (AvgIpc) is 2.88. The number of nitrogens with two attached hydrogens (primary N) is 1. The van der Waals surface area contributed by atoms with E-state index in [4.69, 9.17) is 33.4 Å². The predicted molar refractivity (Wildman–Crippen MR) is 92.6 cm³/mol. The number of nitrogen functional groups attached to an aromatic ring is 1. The predicted octanol–water partition coefficient (Wildman–Crippen LogP) is 5.68. The van der Waals surface area contributed by atoms with Gasteiger partial charge >= 0.3 is 0 Å². The van der Waals surface area contributed by atoms with Gasteiger partial charge in [0.25, 0.3) is 0 Å². The maximum atomic E-state index is 6.19. The number of rotatable bonds is 1. The van der Waals surface area contributed by atoms with E-state index in [1.807, 2.05) is 12.1 Å². The highest BCUT2D eigenvalue weighted by Gasteiger charge is 2.17. The van der Waals surface area contributed by atoms with Crippen LogP contribution in [0.1, 0.15) is 26.3 Å². The molecule has 0 saturated heterocycles. The minimum absolute atomic E-state index is 0.102. The van der Waals surface area contributed by atoms with Crippen molar-refractivity contribution < 1.29 is 4.42 Å². The molecule has 1 heterocycles. The molecule has 114 valence electrons. The molecule has 0 aliphatic carbocycles. The fourth-order valence-corrected chi connectivity index (χ4v) is 2.73. The van der Waals surface area contributed by atoms with Crippen LogP contribution in [0.25, 0.3) is 22.6 Å². The highest BCUT2D eigenvalue weighted by molar-refractivity contribution is 6.42. The van der Waals surface area contributed by atoms with E-state index in [0.29, 0.717) is 32.7 Å². The first kappa shape index (κ1) is 15.2. The topological polar surface area (TPSA) is 52.0 Å². The van der Waals surface area contributed by atoms with E-state index in [2.05, 4.69) is 37.9 Å². The summed E-state index contributed by atoms with van der Waals surface area (Å²) < 4.78 is 5.76. The lowest BCUT2D eigenvalue weighted by molar-refractivity contribution is 0.589. The molecular weight excluding hydrogens is 319 g/mol. The molecule has 2 N–H and O–H groups in total. The molecule has 0 aliphatic heterocycles. The smallest absolute Gasteiger partial charge is 0.227 e. The standard InChI is InChI=1S/C17H16Cl2N2O/c1-17(2,3)10-6-4-9(5-7-10)16-21-15-12(22-16)8-11(18)14(20)13(15)19/h4-8H,20H2,1-3H3. The quantitative estimate of drug-likeness (QED) is 0.582. The molecule has 0 aliphatic rings. The summed E-state index contributed by atoms with van der Waals surface area (Å²) in [6.07, 6.45) is 0. The van der Waals surface area contributed by atoms with Crippen molar-refractivity contribution in [3.8, 4) is 11.5 Å². The van der Waals surface area contributed by atoms with Crippen LogP contribution in [0.15, 0.2) is 34.7 Å². The van der Waals surface area contributed by atoms with Crippen LogP contribution in [0.5, 0.6) is 0 Å². The number of hydrogen-bond acceptors (Lipinski definition) is 3. The normalized spacial score (nSPS) is 12.0. The zero-order valence-electron chi connectivity index (χ0n) is 12.6. The zero-order chi connectivity index (χ0) is 16.1. The van der Waals surface area contributed by atoms with Gasteiger partial charge in [-0.2, -0.15) is 0 Å². The number of nitrogens with zero attached hydrogens (tertiary/aromatic N) is 1. The van der Waals surface area contributed by atoms with Crippen LogP contribution in [-0.2, 0) is 5.41 Å². The average molecular weight is 335 g/mol. The Balaban J connectivity index is 2.09. The van der Waals surface area contributed by atoms with Gasteiger partial charge in [0.1, 0.15) is 5.52 Å². The van der Waals surface area contributed by atoms with Crippen LogP contribution in [-0.4, -0.2) is 4.98 Å². The molecule has 0 fully saturated rings. The first-order valence-electron chi connectivity index (χ1n) is 6.92. The highest BCUT2D eigenvalue weighted by Crippen LogP contribution is 2.37. The van der Waals surface area contributed by atoms with Crippen molar-refractivity contribution >= 4 is 40.0 Å². The lowest BCUT2D eigenvalue weighted by Gasteiger charge is -2.18. The van der Waals surface area contributed by atoms with Crippen molar-refractivity contribution in [2.75, 3.05) is 5.73 Å². The molecule has 1 aromatic heterocycles. The lowest BCUT2D eigenvalue weighted by atomic mass is 9.87. The van der Waals surface area contributed by atoms with Gasteiger partial charge in [0.2, 0.25) is 5.89 Å². The maximum absolute atomic E-state index is 6.19. The van der Waals surface area contributed by atoms with Crippen LogP contribution in [0.2, 0.25) is 10.0 Å². The second-order valence-electron chi connectivity index (χ2n) is 6.28. The Hall–Kier alpha value is -1.71. The maximum Gasteiger partial charge on any atom is 0.227 e. The molecule has 0 amide bonds. The molecule has 0 unspecified atom stereocenters. The monoisotopic (exact) mass is 334 g/mol. The van der Waals surface area contributed by atoms with E-state index in [-0.39, 0.29) is 5.41 Å². The minimum Gasteiger partial charge on any atom is -0.436 e. The summed E-state index contributed by atoms with van der Waals surface area (Å²) in [5.74, 6) is 0.499. The van der Waals surface area contributed by atoms with Gasteiger partial charge in [0, 0.05) is 11.6 Å². The second-order valence-corrected chi connectivity index (χ2v) is 7.06. The summed E-state index contributed by atoms with van der Waals surface area (Å²) in [7, 11) is 0. The summed E-state index contributed by atoms with van der Waals surface area (Å²) in [5, 5.41) is 0.687. The van der Waals surface area contributed by atoms with E-state index >= 15 is 0 Å². The van der Waals surface area contributed by atoms with Crippen molar-refractivity contribution in [2.45, 2.75) is 26.2 Å². The SMILES string of the molecule is CC(C)(C)c1ccc(-c2nc3c(Cl)c(N)c(Cl)cc3o2)cc1. The number of fused-ring (bicyclic) bond motifs is 1. The first-order valence-corrected chi connectivity index (χ1v) is 7.68. The van der Waals surface area contributed by atoms with E-state index in [9.17, 15) is 0 Å². The number of aromatic nitrogens is 1. The van der Waals surface area contributed by atoms with Gasteiger partial charge < -0.3 is 10.2 Å². The molecule has 2 aromatic carbocycles. The lowest BCUT2D eigenvalue weighted by Crippen LogP contribution is -2.10. The van der Waals surface area contributed by atoms with Gasteiger partial charge in [-0.15, -0.1) is 0 Å². The number of hydrogen-bond donors (Lipinski definition) is 1. The van der Waals surface area contributed by atoms with Crippen LogP contribution in [0, 0.1) is 0 Å². The van der Waals surface area contributed by atoms with Gasteiger partial charge in [-0.05, 0) is 23.1 Å². The third kappa shape index (κ3) is 2.55. The Morgan fingerprint density at radius 3 is 2.32 bits per heavy atom. The molecule has 0 saturated carbocycles. The summed E-state index contributed by atoms with van der Waals surface area (Å²) in [4.78, 5) is 4.44. The second kappa shape index (κ2) is 5.18. The van der Waals surface area contributed by atoms with Crippen LogP contribution in [0.4, 0.5) is 5.69 Å². The molecule has 3 aromatic rings. The summed E-state index contributed by atoms with van der Waals surface area (Å²) >= 11 is 12.2. The number of oxazole rings is 1. The number of benzene rings is 2. The van der Waals surface area contributed by atoms with Crippen molar-refractivity contribution in [3.05, 3.63) is 45.9 Å². The Kier molecular flexibility index (Phi) is 3.58. The number of halogens is 2. The Labute approximate surface area is 139 Å². The van der Waals surface area contributed by atoms with E-state index in [1.54, 1.807) is 6.07 Å². The van der Waals surface area contributed by atoms with E-state index in [0.717, 1.165) is 5.56 Å². The Morgan fingerprint density at radius 2 is 1.73 bits per heavy atom. The molecule has 0 bridgehead atoms. The highest BCUT2D eigenvalue weighted by atomic mass is 35.5. The van der Waals surface area contributed by atoms with Crippen LogP contribution >= 0.6 is 23.2 Å². The largest absolute Gasteiger partial charge is 0.436 e. The Bertz CT molecular complexity index is 846. The molecule has 3 rings (SSSR count). The molecule has 0 radical (unpaired) electrons. The van der Waals surface area contributed by atoms with Crippen molar-refractivity contribution in [1.82, 2.24) is 4.98 Å². The number of anilines is 1. The molecule has 0 atom stereocenters. The molecule has 22 heavy (non-hydrogen) atoms. The molecule has 0 spiro atoms. The summed E-state index contributed by atoms with van der Waals surface area (Å²) in [5.41, 5.74) is 9.42. The Morgan fingerprint density at radius 1 is 1.09 bits per heavy atom. The van der Waals surface area contributed by atoms with Crippen molar-refractivity contribution in [2.24, 2.45) is 0 Å². The summed E-state index contributed by atoms with van der Waals surface area (Å²) in [6, 6.07) is 9.77. The molecule has 3 nitrogen and oxygen atoms in total. The van der Waals surface area contributed by atoms with Crippen LogP contribution in [0.3, 0.4) is 0 Å². The summed E-state index contributed by atoms with van der Waals surface area (Å²) in [6.45, 7) is 6.52. The fraction of sp³-hybridized carbons (Fsp3) is 0.235. The van der Waals surface area contributed by atoms with Gasteiger partial charge in [-0.25, -0.2) is 4.98 Å². The van der Waals surface area contributed by atoms with Gasteiger partial charge in [-0.1, -0.05) is 56.1 Å². The molecule has 5 heteroatoms. The first-order chi connectivity index (χ1) is 10.3. The zero-order valence-corrected chi connectivity index (χ0v) is 14.1. The van der Waals surface area contributed by atoms with E-state index < -0.39 is 0 Å². The van der Waals surface area contributed by atoms with Crippen molar-refractivity contribution in [1.29, 1.82) is 0 Å². The van der Waals surface area contributed by atoms with Gasteiger partial charge in [0.15, 0.2) is 5.58 Å². The third-order valence-corrected chi connectivity index (χ3v) is 4.31. The fourth-order valence-electron chi connectivity index (χ4n) is 2.25. The van der Waals surface area contributed by atoms with Gasteiger partial charge in [-0.3, -0.25) is 0 Å².